The van der Waals surface area contributed by atoms with Crippen molar-refractivity contribution in [2.75, 3.05) is 34.3 Å². The van der Waals surface area contributed by atoms with E-state index >= 15 is 0 Å². The fourth-order valence-corrected chi connectivity index (χ4v) is 5.49. The Morgan fingerprint density at radius 2 is 1.52 bits per heavy atom. The van der Waals surface area contributed by atoms with Gasteiger partial charge in [0.1, 0.15) is 0 Å². The molecule has 1 N–H and O–H groups in total. The van der Waals surface area contributed by atoms with Crippen LogP contribution >= 0.6 is 0 Å². The maximum Gasteiger partial charge on any atom is 0.290 e. The maximum atomic E-state index is 13.4. The molecule has 1 aliphatic heterocycles. The highest BCUT2D eigenvalue weighted by Gasteiger charge is 2.44. The molecular formula is C27H36N2O4. The molecule has 2 aromatic rings. The average molecular weight is 453 g/mol. The van der Waals surface area contributed by atoms with E-state index in [-0.39, 0.29) is 24.4 Å². The third kappa shape index (κ3) is 6.21. The molecule has 4 rings (SSSR count). The molecule has 1 saturated carbocycles. The predicted octanol–water partition coefficient (Wildman–Crippen LogP) is 3.72. The van der Waals surface area contributed by atoms with Crippen LogP contribution in [0.3, 0.4) is 0 Å². The second-order valence-corrected chi connectivity index (χ2v) is 9.28. The lowest BCUT2D eigenvalue weighted by Crippen LogP contribution is -2.47. The fraction of sp³-hybridized carbons (Fsp3) is 0.481. The number of methoxy groups -OCH3 is 1. The maximum absolute atomic E-state index is 13.4. The molecule has 6 heteroatoms. The number of ether oxygens (including phenoxy) is 1. The van der Waals surface area contributed by atoms with Crippen molar-refractivity contribution in [1.82, 2.24) is 9.80 Å². The monoisotopic (exact) mass is 452 g/mol. The second-order valence-electron chi connectivity index (χ2n) is 9.28. The Kier molecular flexibility index (Phi) is 9.03. The van der Waals surface area contributed by atoms with E-state index in [0.29, 0.717) is 24.3 Å². The topological polar surface area (TPSA) is 70.1 Å². The highest BCUT2D eigenvalue weighted by molar-refractivity contribution is 5.78. The molecule has 1 amide bonds. The number of amides is 1. The number of hydrogen-bond donors (Lipinski definition) is 1. The van der Waals surface area contributed by atoms with Gasteiger partial charge in [0.25, 0.3) is 6.47 Å². The summed E-state index contributed by atoms with van der Waals surface area (Å²) in [7, 11) is 6.10. The fourth-order valence-electron chi connectivity index (χ4n) is 5.49. The van der Waals surface area contributed by atoms with Crippen LogP contribution in [0.2, 0.25) is 0 Å². The van der Waals surface area contributed by atoms with Crippen molar-refractivity contribution in [1.29, 1.82) is 0 Å². The first-order valence-electron chi connectivity index (χ1n) is 11.6. The van der Waals surface area contributed by atoms with Gasteiger partial charge in [-0.25, -0.2) is 0 Å². The summed E-state index contributed by atoms with van der Waals surface area (Å²) in [4.78, 5) is 26.2. The van der Waals surface area contributed by atoms with Crippen LogP contribution < -0.4 is 0 Å². The number of fused-ring (bicyclic) bond motifs is 1. The quantitative estimate of drug-likeness (QED) is 0.677. The lowest BCUT2D eigenvalue weighted by atomic mass is 9.77. The number of benzene rings is 2. The number of hydrogen-bond acceptors (Lipinski definition) is 4. The van der Waals surface area contributed by atoms with Gasteiger partial charge in [0, 0.05) is 38.6 Å². The Hall–Kier alpha value is -2.70. The third-order valence-electron chi connectivity index (χ3n) is 7.19. The van der Waals surface area contributed by atoms with Gasteiger partial charge in [-0.1, -0.05) is 60.7 Å². The van der Waals surface area contributed by atoms with Crippen molar-refractivity contribution in [2.24, 2.45) is 11.8 Å². The van der Waals surface area contributed by atoms with Gasteiger partial charge in [0.2, 0.25) is 5.91 Å². The summed E-state index contributed by atoms with van der Waals surface area (Å²) in [5, 5.41) is 6.89. The second kappa shape index (κ2) is 12.0. The molecule has 2 fully saturated rings. The molecule has 1 saturated heterocycles. The van der Waals surface area contributed by atoms with Crippen molar-refractivity contribution >= 4 is 12.4 Å². The van der Waals surface area contributed by atoms with Crippen LogP contribution in [0.5, 0.6) is 0 Å². The summed E-state index contributed by atoms with van der Waals surface area (Å²) < 4.78 is 5.80. The molecule has 0 radical (unpaired) electrons. The van der Waals surface area contributed by atoms with Gasteiger partial charge in [-0.2, -0.15) is 0 Å². The standard InChI is InChI=1S/C26H34N2O2.CH2O2/c1-27(2)24-14-21-17-28(18-22(21)15-25(24)30-3)26(29)16-23(19-10-6-4-7-11-19)20-12-8-5-9-13-20;2-1-3/h4-13,21-25H,14-18H2,1-3H3;1H,(H,2,3)/t21-,22+,24-,25-;/m1./s1. The third-order valence-corrected chi connectivity index (χ3v) is 7.19. The van der Waals surface area contributed by atoms with E-state index in [0.717, 1.165) is 25.9 Å². The zero-order valence-corrected chi connectivity index (χ0v) is 19.8. The number of carboxylic acid groups (broad SMARTS) is 1. The van der Waals surface area contributed by atoms with Crippen molar-refractivity contribution < 1.29 is 19.4 Å². The van der Waals surface area contributed by atoms with E-state index in [1.165, 1.54) is 11.1 Å². The summed E-state index contributed by atoms with van der Waals surface area (Å²) >= 11 is 0. The van der Waals surface area contributed by atoms with Crippen molar-refractivity contribution in [3.8, 4) is 0 Å². The van der Waals surface area contributed by atoms with Crippen molar-refractivity contribution in [2.45, 2.75) is 37.3 Å². The van der Waals surface area contributed by atoms with E-state index in [9.17, 15) is 4.79 Å². The lowest BCUT2D eigenvalue weighted by Gasteiger charge is -2.40. The minimum absolute atomic E-state index is 0.101. The Morgan fingerprint density at radius 3 is 1.97 bits per heavy atom. The molecule has 1 aliphatic carbocycles. The number of likely N-dealkylation sites (N-methyl/N-ethyl adjacent to an activating group) is 1. The van der Waals surface area contributed by atoms with Crippen LogP contribution in [0.4, 0.5) is 0 Å². The van der Waals surface area contributed by atoms with Gasteiger partial charge >= 0.3 is 0 Å². The summed E-state index contributed by atoms with van der Waals surface area (Å²) in [6.07, 6.45) is 2.95. The Labute approximate surface area is 197 Å². The molecule has 0 spiro atoms. The molecule has 6 nitrogen and oxygen atoms in total. The lowest BCUT2D eigenvalue weighted by molar-refractivity contribution is -0.130. The van der Waals surface area contributed by atoms with Gasteiger partial charge < -0.3 is 19.6 Å². The molecule has 2 aromatic carbocycles. The molecule has 1 heterocycles. The van der Waals surface area contributed by atoms with Gasteiger partial charge in [-0.15, -0.1) is 0 Å². The largest absolute Gasteiger partial charge is 0.483 e. The minimum atomic E-state index is -0.250. The smallest absolute Gasteiger partial charge is 0.290 e. The SMILES string of the molecule is CO[C@@H]1C[C@H]2CN(C(=O)CC(c3ccccc3)c3ccccc3)C[C@H]2C[C@H]1N(C)C.O=CO. The molecule has 2 aliphatic rings. The zero-order chi connectivity index (χ0) is 23.8. The normalized spacial score (nSPS) is 24.2. The van der Waals surface area contributed by atoms with Crippen LogP contribution in [-0.4, -0.2) is 73.7 Å². The van der Waals surface area contributed by atoms with Gasteiger partial charge in [0.15, 0.2) is 0 Å². The van der Waals surface area contributed by atoms with Crippen LogP contribution in [0.25, 0.3) is 0 Å². The molecule has 4 atom stereocenters. The van der Waals surface area contributed by atoms with E-state index in [1.807, 2.05) is 19.2 Å². The number of nitrogens with zero attached hydrogens (tertiary/aromatic N) is 2. The first kappa shape index (κ1) is 24.9. The Balaban J connectivity index is 0.000000968. The molecule has 0 bridgehead atoms. The number of carbonyl (C=O) groups is 2. The number of carbonyl (C=O) groups excluding carboxylic acids is 1. The van der Waals surface area contributed by atoms with Crippen LogP contribution in [-0.2, 0) is 14.3 Å². The summed E-state index contributed by atoms with van der Waals surface area (Å²) in [5.74, 6) is 1.52. The van der Waals surface area contributed by atoms with Crippen molar-refractivity contribution in [3.63, 3.8) is 0 Å². The van der Waals surface area contributed by atoms with Crippen LogP contribution in [0.15, 0.2) is 60.7 Å². The molecule has 33 heavy (non-hydrogen) atoms. The van der Waals surface area contributed by atoms with Gasteiger partial charge in [-0.3, -0.25) is 9.59 Å². The number of likely N-dealkylation sites (tertiary alicyclic amines) is 1. The Morgan fingerprint density at radius 1 is 1.03 bits per heavy atom. The highest BCUT2D eigenvalue weighted by Crippen LogP contribution is 2.39. The van der Waals surface area contributed by atoms with Crippen molar-refractivity contribution in [3.05, 3.63) is 71.8 Å². The van der Waals surface area contributed by atoms with Gasteiger partial charge in [-0.05, 0) is 49.9 Å². The van der Waals surface area contributed by atoms with E-state index in [1.54, 1.807) is 0 Å². The summed E-state index contributed by atoms with van der Waals surface area (Å²) in [6.45, 7) is 1.51. The Bertz CT molecular complexity index is 835. The number of rotatable bonds is 6. The first-order valence-corrected chi connectivity index (χ1v) is 11.6. The van der Waals surface area contributed by atoms with Crippen LogP contribution in [0.1, 0.15) is 36.3 Å². The zero-order valence-electron chi connectivity index (χ0n) is 19.8. The summed E-state index contributed by atoms with van der Waals surface area (Å²) in [5.41, 5.74) is 2.42. The van der Waals surface area contributed by atoms with E-state index < -0.39 is 0 Å². The predicted molar refractivity (Wildman–Crippen MR) is 129 cm³/mol. The van der Waals surface area contributed by atoms with E-state index in [2.05, 4.69) is 72.4 Å². The highest BCUT2D eigenvalue weighted by atomic mass is 16.5. The van der Waals surface area contributed by atoms with Gasteiger partial charge in [0.05, 0.1) is 6.10 Å². The minimum Gasteiger partial charge on any atom is -0.483 e. The first-order chi connectivity index (χ1) is 16.0. The molecule has 178 valence electrons. The average Bonchev–Trinajstić information content (AvgIpc) is 3.26. The molecule has 0 aromatic heterocycles. The van der Waals surface area contributed by atoms with E-state index in [4.69, 9.17) is 14.6 Å². The van der Waals surface area contributed by atoms with Crippen LogP contribution in [0, 0.1) is 11.8 Å². The summed E-state index contributed by atoms with van der Waals surface area (Å²) in [6, 6.07) is 21.3. The molecule has 0 unspecified atom stereocenters. The molecular weight excluding hydrogens is 416 g/mol.